The molecule has 12 heavy (non-hydrogen) atoms. The van der Waals surface area contributed by atoms with E-state index in [1.165, 1.54) is 51.7 Å². The molecular weight excluding hydrogens is 148 g/mol. The highest BCUT2D eigenvalue weighted by atomic mass is 14.9. The molecule has 0 aromatic heterocycles. The summed E-state index contributed by atoms with van der Waals surface area (Å²) in [6.07, 6.45) is 7.03. The van der Waals surface area contributed by atoms with Crippen molar-refractivity contribution in [1.29, 1.82) is 0 Å². The fraction of sp³-hybridized carbons (Fsp3) is 1.00. The summed E-state index contributed by atoms with van der Waals surface area (Å²) < 4.78 is 0. The van der Waals surface area contributed by atoms with Gasteiger partial charge in [-0.2, -0.15) is 0 Å². The average Bonchev–Trinajstić information content (AvgIpc) is 2.21. The van der Waals surface area contributed by atoms with Gasteiger partial charge < -0.3 is 10.6 Å². The van der Waals surface area contributed by atoms with Gasteiger partial charge in [-0.15, -0.1) is 0 Å². The van der Waals surface area contributed by atoms with Crippen LogP contribution in [0.2, 0.25) is 0 Å². The largest absolute Gasteiger partial charge is 0.317 e. The molecule has 0 aromatic rings. The smallest absolute Gasteiger partial charge is 0.00962 e. The highest BCUT2D eigenvalue weighted by Gasteiger charge is 2.24. The maximum atomic E-state index is 3.66. The first-order chi connectivity index (χ1) is 5.97. The fourth-order valence-corrected chi connectivity index (χ4v) is 2.53. The third kappa shape index (κ3) is 1.99. The highest BCUT2D eigenvalue weighted by Crippen LogP contribution is 2.22. The zero-order valence-corrected chi connectivity index (χ0v) is 7.81. The van der Waals surface area contributed by atoms with Gasteiger partial charge in [0, 0.05) is 6.04 Å². The molecule has 0 bridgehead atoms. The third-order valence-electron chi connectivity index (χ3n) is 3.30. The second-order valence-corrected chi connectivity index (χ2v) is 4.14. The minimum Gasteiger partial charge on any atom is -0.317 e. The zero-order valence-electron chi connectivity index (χ0n) is 7.81. The summed E-state index contributed by atoms with van der Waals surface area (Å²) in [6.45, 7) is 3.74. The van der Waals surface area contributed by atoms with E-state index in [0.29, 0.717) is 0 Å². The van der Waals surface area contributed by atoms with Gasteiger partial charge in [-0.05, 0) is 51.2 Å². The van der Waals surface area contributed by atoms with Crippen LogP contribution in [-0.2, 0) is 0 Å². The standard InChI is InChI=1S/C10H20N2/c1-2-6-12-10(3-1)9-4-7-11-8-5-9/h9-12H,1-8H2. The van der Waals surface area contributed by atoms with Gasteiger partial charge in [-0.25, -0.2) is 0 Å². The lowest BCUT2D eigenvalue weighted by atomic mass is 9.86. The van der Waals surface area contributed by atoms with E-state index >= 15 is 0 Å². The van der Waals surface area contributed by atoms with Crippen LogP contribution in [0.5, 0.6) is 0 Å². The Kier molecular flexibility index (Phi) is 3.01. The molecule has 1 atom stereocenters. The number of rotatable bonds is 1. The summed E-state index contributed by atoms with van der Waals surface area (Å²) in [5.74, 6) is 0.964. The maximum absolute atomic E-state index is 3.66. The van der Waals surface area contributed by atoms with E-state index in [9.17, 15) is 0 Å². The van der Waals surface area contributed by atoms with E-state index in [1.807, 2.05) is 0 Å². The average molecular weight is 168 g/mol. The molecule has 2 fully saturated rings. The minimum absolute atomic E-state index is 0.848. The van der Waals surface area contributed by atoms with Gasteiger partial charge in [0.05, 0.1) is 0 Å². The third-order valence-corrected chi connectivity index (χ3v) is 3.30. The second-order valence-electron chi connectivity index (χ2n) is 4.14. The fourth-order valence-electron chi connectivity index (χ4n) is 2.53. The normalized spacial score (nSPS) is 33.5. The van der Waals surface area contributed by atoms with Gasteiger partial charge >= 0.3 is 0 Å². The van der Waals surface area contributed by atoms with Gasteiger partial charge in [0.2, 0.25) is 0 Å². The summed E-state index contributed by atoms with van der Waals surface area (Å²) in [5.41, 5.74) is 0. The van der Waals surface area contributed by atoms with Crippen LogP contribution in [0.25, 0.3) is 0 Å². The number of piperidine rings is 2. The van der Waals surface area contributed by atoms with E-state index in [4.69, 9.17) is 0 Å². The van der Waals surface area contributed by atoms with Crippen LogP contribution in [-0.4, -0.2) is 25.7 Å². The van der Waals surface area contributed by atoms with Crippen molar-refractivity contribution in [3.05, 3.63) is 0 Å². The monoisotopic (exact) mass is 168 g/mol. The van der Waals surface area contributed by atoms with E-state index < -0.39 is 0 Å². The SMILES string of the molecule is C1CCC(C2CCNCC2)NC1. The number of hydrogen-bond acceptors (Lipinski definition) is 2. The molecule has 0 aliphatic carbocycles. The van der Waals surface area contributed by atoms with Crippen molar-refractivity contribution in [1.82, 2.24) is 10.6 Å². The van der Waals surface area contributed by atoms with Crippen LogP contribution in [0.15, 0.2) is 0 Å². The summed E-state index contributed by atoms with van der Waals surface area (Å²) in [6, 6.07) is 0.848. The van der Waals surface area contributed by atoms with Crippen molar-refractivity contribution in [2.24, 2.45) is 5.92 Å². The maximum Gasteiger partial charge on any atom is 0.00962 e. The Morgan fingerprint density at radius 2 is 1.67 bits per heavy atom. The van der Waals surface area contributed by atoms with Crippen LogP contribution in [0.4, 0.5) is 0 Å². The lowest BCUT2D eigenvalue weighted by molar-refractivity contribution is 0.243. The van der Waals surface area contributed by atoms with E-state index in [0.717, 1.165) is 12.0 Å². The van der Waals surface area contributed by atoms with E-state index in [-0.39, 0.29) is 0 Å². The van der Waals surface area contributed by atoms with Crippen LogP contribution < -0.4 is 10.6 Å². The molecule has 0 spiro atoms. The summed E-state index contributed by atoms with van der Waals surface area (Å²) in [4.78, 5) is 0. The van der Waals surface area contributed by atoms with Gasteiger partial charge in [0.25, 0.3) is 0 Å². The Hall–Kier alpha value is -0.0800. The van der Waals surface area contributed by atoms with Crippen LogP contribution in [0, 0.1) is 5.92 Å². The Morgan fingerprint density at radius 3 is 2.33 bits per heavy atom. The summed E-state index contributed by atoms with van der Waals surface area (Å²) in [7, 11) is 0. The summed E-state index contributed by atoms with van der Waals surface area (Å²) >= 11 is 0. The Labute approximate surface area is 75.1 Å². The highest BCUT2D eigenvalue weighted by molar-refractivity contribution is 4.82. The van der Waals surface area contributed by atoms with Crippen molar-refractivity contribution in [3.63, 3.8) is 0 Å². The molecule has 2 N–H and O–H groups in total. The molecule has 0 amide bonds. The van der Waals surface area contributed by atoms with Crippen LogP contribution >= 0.6 is 0 Å². The molecule has 2 heteroatoms. The van der Waals surface area contributed by atoms with Gasteiger partial charge in [0.15, 0.2) is 0 Å². The molecule has 0 saturated carbocycles. The molecule has 70 valence electrons. The molecule has 2 aliphatic rings. The van der Waals surface area contributed by atoms with Gasteiger partial charge in [-0.1, -0.05) is 6.42 Å². The second kappa shape index (κ2) is 4.24. The Bertz CT molecular complexity index is 108. The lowest BCUT2D eigenvalue weighted by Gasteiger charge is -2.34. The molecule has 2 nitrogen and oxygen atoms in total. The van der Waals surface area contributed by atoms with Crippen LogP contribution in [0.1, 0.15) is 32.1 Å². The zero-order chi connectivity index (χ0) is 8.23. The molecule has 0 aromatic carbocycles. The minimum atomic E-state index is 0.848. The quantitative estimate of drug-likeness (QED) is 0.613. The van der Waals surface area contributed by atoms with E-state index in [2.05, 4.69) is 10.6 Å². The van der Waals surface area contributed by atoms with Crippen molar-refractivity contribution < 1.29 is 0 Å². The van der Waals surface area contributed by atoms with Crippen LogP contribution in [0.3, 0.4) is 0 Å². The van der Waals surface area contributed by atoms with Gasteiger partial charge in [-0.3, -0.25) is 0 Å². The van der Waals surface area contributed by atoms with Crippen molar-refractivity contribution in [2.75, 3.05) is 19.6 Å². The summed E-state index contributed by atoms with van der Waals surface area (Å²) in [5, 5.41) is 7.09. The Balaban J connectivity index is 1.80. The first-order valence-corrected chi connectivity index (χ1v) is 5.41. The Morgan fingerprint density at radius 1 is 0.833 bits per heavy atom. The van der Waals surface area contributed by atoms with Crippen molar-refractivity contribution in [3.8, 4) is 0 Å². The lowest BCUT2D eigenvalue weighted by Crippen LogP contribution is -2.44. The number of hydrogen-bond donors (Lipinski definition) is 2. The van der Waals surface area contributed by atoms with Crippen molar-refractivity contribution >= 4 is 0 Å². The molecular formula is C10H20N2. The molecule has 2 rings (SSSR count). The van der Waals surface area contributed by atoms with Gasteiger partial charge in [0.1, 0.15) is 0 Å². The predicted octanol–water partition coefficient (Wildman–Crippen LogP) is 1.13. The first kappa shape index (κ1) is 8.52. The molecule has 0 radical (unpaired) electrons. The molecule has 2 saturated heterocycles. The van der Waals surface area contributed by atoms with E-state index in [1.54, 1.807) is 0 Å². The molecule has 1 unspecified atom stereocenters. The topological polar surface area (TPSA) is 24.1 Å². The molecule has 2 aliphatic heterocycles. The first-order valence-electron chi connectivity index (χ1n) is 5.41. The predicted molar refractivity (Wildman–Crippen MR) is 51.2 cm³/mol. The van der Waals surface area contributed by atoms with Crippen molar-refractivity contribution in [2.45, 2.75) is 38.1 Å². The number of nitrogens with one attached hydrogen (secondary N) is 2. The molecule has 2 heterocycles.